The van der Waals surface area contributed by atoms with Crippen molar-refractivity contribution in [2.45, 2.75) is 40.3 Å². The largest absolute Gasteiger partial charge is 0.455 e. The number of hydrogen-bond acceptors (Lipinski definition) is 7. The topological polar surface area (TPSA) is 91.4 Å². The maximum Gasteiger partial charge on any atom is 0.342 e. The van der Waals surface area contributed by atoms with Crippen LogP contribution in [0.1, 0.15) is 44.9 Å². The Morgan fingerprint density at radius 2 is 2.00 bits per heavy atom. The molecule has 0 aliphatic rings. The summed E-state index contributed by atoms with van der Waals surface area (Å²) in [6.07, 6.45) is 0.717. The smallest absolute Gasteiger partial charge is 0.342 e. The number of aromatic nitrogens is 5. The fraction of sp³-hybridized carbons (Fsp3) is 0.286. The molecule has 0 fully saturated rings. The summed E-state index contributed by atoms with van der Waals surface area (Å²) in [4.78, 5) is 29.9. The Kier molecular flexibility index (Phi) is 5.88. The zero-order valence-corrected chi connectivity index (χ0v) is 18.8. The molecule has 4 rings (SSSR count). The first-order chi connectivity index (χ1) is 14.9. The monoisotopic (exact) mass is 457 g/mol. The van der Waals surface area contributed by atoms with E-state index in [2.05, 4.69) is 15.2 Å². The molecule has 0 N–H and O–H groups in total. The summed E-state index contributed by atoms with van der Waals surface area (Å²) in [7, 11) is 0. The Morgan fingerprint density at radius 1 is 1.23 bits per heavy atom. The molecule has 0 unspecified atom stereocenters. The van der Waals surface area contributed by atoms with Gasteiger partial charge in [-0.1, -0.05) is 48.1 Å². The minimum absolute atomic E-state index is 0.113. The summed E-state index contributed by atoms with van der Waals surface area (Å²) in [5.41, 5.74) is 2.63. The van der Waals surface area contributed by atoms with Crippen molar-refractivity contribution in [2.75, 3.05) is 0 Å². The number of ether oxygens (including phenoxy) is 1. The second-order valence-corrected chi connectivity index (χ2v) is 8.45. The van der Waals surface area contributed by atoms with E-state index in [0.717, 1.165) is 10.6 Å². The van der Waals surface area contributed by atoms with Crippen LogP contribution in [0.4, 0.5) is 0 Å². The van der Waals surface area contributed by atoms with Crippen molar-refractivity contribution in [3.63, 3.8) is 0 Å². The summed E-state index contributed by atoms with van der Waals surface area (Å²) in [6.45, 7) is 5.86. The van der Waals surface area contributed by atoms with Crippen molar-refractivity contribution in [3.8, 4) is 0 Å². The lowest BCUT2D eigenvalue weighted by atomic mass is 10.2. The maximum atomic E-state index is 12.8. The molecule has 160 valence electrons. The molecule has 0 aliphatic carbocycles. The van der Waals surface area contributed by atoms with Crippen LogP contribution in [0, 0.1) is 13.8 Å². The van der Waals surface area contributed by atoms with E-state index in [-0.39, 0.29) is 12.2 Å². The highest BCUT2D eigenvalue weighted by atomic mass is 35.5. The number of hydrogen-bond donors (Lipinski definition) is 0. The van der Waals surface area contributed by atoms with Crippen molar-refractivity contribution in [1.82, 2.24) is 24.4 Å². The highest BCUT2D eigenvalue weighted by Gasteiger charge is 2.21. The van der Waals surface area contributed by atoms with Crippen LogP contribution >= 0.6 is 22.9 Å². The Labute approximate surface area is 187 Å². The summed E-state index contributed by atoms with van der Waals surface area (Å²) >= 11 is 7.59. The van der Waals surface area contributed by atoms with Gasteiger partial charge < -0.3 is 4.74 Å². The number of benzene rings is 1. The fourth-order valence-corrected chi connectivity index (χ4v) is 4.31. The van der Waals surface area contributed by atoms with Crippen LogP contribution in [-0.2, 0) is 24.3 Å². The standard InChI is InChI=1S/C21H20ClN5O3S/c1-4-17-25-27-18(28)9-15(23-21(27)31-17)11-30-20(29)19-12(2)24-26(13(19)3)10-14-7-5-6-8-16(14)22/h5-9H,4,10-11H2,1-3H3. The van der Waals surface area contributed by atoms with Gasteiger partial charge in [0, 0.05) is 11.1 Å². The summed E-state index contributed by atoms with van der Waals surface area (Å²) < 4.78 is 8.45. The number of halogens is 1. The number of esters is 1. The van der Waals surface area contributed by atoms with Crippen LogP contribution in [0.3, 0.4) is 0 Å². The zero-order valence-electron chi connectivity index (χ0n) is 17.3. The van der Waals surface area contributed by atoms with E-state index in [1.54, 1.807) is 11.6 Å². The molecule has 0 aliphatic heterocycles. The number of carbonyl (C=O) groups is 1. The molecular formula is C21H20ClN5O3S. The third-order valence-corrected chi connectivity index (χ3v) is 6.28. The van der Waals surface area contributed by atoms with E-state index in [4.69, 9.17) is 16.3 Å². The molecule has 0 radical (unpaired) electrons. The predicted molar refractivity (Wildman–Crippen MR) is 118 cm³/mol. The fourth-order valence-electron chi connectivity index (χ4n) is 3.26. The molecule has 3 heterocycles. The lowest BCUT2D eigenvalue weighted by molar-refractivity contribution is 0.0466. The maximum absolute atomic E-state index is 12.8. The Balaban J connectivity index is 1.53. The van der Waals surface area contributed by atoms with Crippen LogP contribution in [0.2, 0.25) is 5.02 Å². The van der Waals surface area contributed by atoms with Gasteiger partial charge in [0.1, 0.15) is 17.2 Å². The number of rotatable bonds is 6. The second-order valence-electron chi connectivity index (χ2n) is 7.00. The Hall–Kier alpha value is -3.04. The first-order valence-electron chi connectivity index (χ1n) is 9.70. The van der Waals surface area contributed by atoms with Crippen molar-refractivity contribution in [1.29, 1.82) is 0 Å². The molecular weight excluding hydrogens is 438 g/mol. The number of fused-ring (bicyclic) bond motifs is 1. The highest BCUT2D eigenvalue weighted by molar-refractivity contribution is 7.16. The first kappa shape index (κ1) is 21.2. The Morgan fingerprint density at radius 3 is 2.74 bits per heavy atom. The van der Waals surface area contributed by atoms with Crippen molar-refractivity contribution in [2.24, 2.45) is 0 Å². The van der Waals surface area contributed by atoms with Gasteiger partial charge in [-0.3, -0.25) is 9.48 Å². The molecule has 10 heteroatoms. The van der Waals surface area contributed by atoms with Gasteiger partial charge in [0.15, 0.2) is 0 Å². The quantitative estimate of drug-likeness (QED) is 0.411. The van der Waals surface area contributed by atoms with Gasteiger partial charge in [-0.2, -0.15) is 14.7 Å². The summed E-state index contributed by atoms with van der Waals surface area (Å²) in [5, 5.41) is 10.1. The van der Waals surface area contributed by atoms with Gasteiger partial charge in [0.05, 0.1) is 23.6 Å². The SMILES string of the molecule is CCc1nn2c(=O)cc(COC(=O)c3c(C)nn(Cc4ccccc4Cl)c3C)nc2s1. The molecule has 0 amide bonds. The summed E-state index contributed by atoms with van der Waals surface area (Å²) in [6, 6.07) is 8.83. The summed E-state index contributed by atoms with van der Waals surface area (Å²) in [5.74, 6) is -0.513. The molecule has 31 heavy (non-hydrogen) atoms. The van der Waals surface area contributed by atoms with Crippen LogP contribution in [0.5, 0.6) is 0 Å². The van der Waals surface area contributed by atoms with Gasteiger partial charge in [0.25, 0.3) is 5.56 Å². The van der Waals surface area contributed by atoms with E-state index in [1.807, 2.05) is 38.1 Å². The van der Waals surface area contributed by atoms with Gasteiger partial charge in [0.2, 0.25) is 4.96 Å². The van der Waals surface area contributed by atoms with Crippen molar-refractivity contribution >= 4 is 33.9 Å². The average molecular weight is 458 g/mol. The van der Waals surface area contributed by atoms with Gasteiger partial charge in [-0.25, -0.2) is 9.78 Å². The molecule has 0 saturated heterocycles. The zero-order chi connectivity index (χ0) is 22.1. The Bertz CT molecular complexity index is 1340. The second kappa shape index (κ2) is 8.60. The van der Waals surface area contributed by atoms with E-state index in [0.29, 0.717) is 45.6 Å². The van der Waals surface area contributed by atoms with Crippen molar-refractivity contribution < 1.29 is 9.53 Å². The number of aryl methyl sites for hydroxylation is 2. The number of nitrogens with zero attached hydrogens (tertiary/aromatic N) is 5. The lowest BCUT2D eigenvalue weighted by Crippen LogP contribution is -2.17. The first-order valence-corrected chi connectivity index (χ1v) is 10.9. The predicted octanol–water partition coefficient (Wildman–Crippen LogP) is 3.59. The van der Waals surface area contributed by atoms with E-state index in [1.165, 1.54) is 21.9 Å². The van der Waals surface area contributed by atoms with Crippen LogP contribution in [0.15, 0.2) is 35.1 Å². The molecule has 0 atom stereocenters. The number of carbonyl (C=O) groups excluding carboxylic acids is 1. The minimum Gasteiger partial charge on any atom is -0.455 e. The highest BCUT2D eigenvalue weighted by Crippen LogP contribution is 2.20. The van der Waals surface area contributed by atoms with E-state index < -0.39 is 5.97 Å². The molecule has 1 aromatic carbocycles. The lowest BCUT2D eigenvalue weighted by Gasteiger charge is -2.08. The van der Waals surface area contributed by atoms with Crippen LogP contribution < -0.4 is 5.56 Å². The van der Waals surface area contributed by atoms with Gasteiger partial charge >= 0.3 is 5.97 Å². The average Bonchev–Trinajstić information content (AvgIpc) is 3.28. The van der Waals surface area contributed by atoms with Crippen molar-refractivity contribution in [3.05, 3.63) is 78.9 Å². The molecule has 0 saturated carbocycles. The minimum atomic E-state index is -0.513. The third-order valence-electron chi connectivity index (χ3n) is 4.86. The third kappa shape index (κ3) is 4.24. The van der Waals surface area contributed by atoms with Crippen LogP contribution in [0.25, 0.3) is 4.96 Å². The molecule has 0 bridgehead atoms. The van der Waals surface area contributed by atoms with E-state index >= 15 is 0 Å². The molecule has 8 nitrogen and oxygen atoms in total. The van der Waals surface area contributed by atoms with Crippen LogP contribution in [-0.4, -0.2) is 30.3 Å². The molecule has 3 aromatic heterocycles. The molecule has 0 spiro atoms. The molecule has 4 aromatic rings. The van der Waals surface area contributed by atoms with Gasteiger partial charge in [-0.05, 0) is 31.9 Å². The van der Waals surface area contributed by atoms with E-state index in [9.17, 15) is 9.59 Å². The normalized spacial score (nSPS) is 11.2. The van der Waals surface area contributed by atoms with Gasteiger partial charge in [-0.15, -0.1) is 0 Å².